The summed E-state index contributed by atoms with van der Waals surface area (Å²) in [6, 6.07) is 10.3. The Morgan fingerprint density at radius 1 is 1.15 bits per heavy atom. The molecule has 0 unspecified atom stereocenters. The summed E-state index contributed by atoms with van der Waals surface area (Å²) in [7, 11) is 1.99. The number of carbonyl (C=O) groups is 2. The summed E-state index contributed by atoms with van der Waals surface area (Å²) < 4.78 is 1.96. The molecule has 6 nitrogen and oxygen atoms in total. The molecule has 0 atom stereocenters. The van der Waals surface area contributed by atoms with Crippen molar-refractivity contribution >= 4 is 11.8 Å². The van der Waals surface area contributed by atoms with Crippen molar-refractivity contribution < 1.29 is 9.59 Å². The van der Waals surface area contributed by atoms with Crippen molar-refractivity contribution in [3.05, 3.63) is 41.6 Å². The van der Waals surface area contributed by atoms with E-state index >= 15 is 0 Å². The van der Waals surface area contributed by atoms with E-state index in [9.17, 15) is 9.59 Å². The summed E-state index contributed by atoms with van der Waals surface area (Å²) in [6.07, 6.45) is 2.76. The molecule has 0 saturated carbocycles. The largest absolute Gasteiger partial charge is 0.356 e. The first-order chi connectivity index (χ1) is 12.6. The van der Waals surface area contributed by atoms with Gasteiger partial charge in [0, 0.05) is 57.6 Å². The van der Waals surface area contributed by atoms with Crippen molar-refractivity contribution in [1.82, 2.24) is 20.0 Å². The van der Waals surface area contributed by atoms with E-state index in [-0.39, 0.29) is 11.8 Å². The minimum absolute atomic E-state index is 0.0532. The van der Waals surface area contributed by atoms with Crippen LogP contribution in [0.25, 0.3) is 11.3 Å². The van der Waals surface area contributed by atoms with Crippen LogP contribution in [-0.4, -0.2) is 46.1 Å². The molecule has 1 aliphatic heterocycles. The Bertz CT molecular complexity index is 783. The molecule has 1 aromatic carbocycles. The van der Waals surface area contributed by atoms with E-state index in [1.54, 1.807) is 0 Å². The summed E-state index contributed by atoms with van der Waals surface area (Å²) in [6.45, 7) is 3.47. The van der Waals surface area contributed by atoms with E-state index in [1.807, 2.05) is 34.8 Å². The van der Waals surface area contributed by atoms with Gasteiger partial charge in [0.25, 0.3) is 0 Å². The lowest BCUT2D eigenvalue weighted by Crippen LogP contribution is -2.34. The molecule has 0 aliphatic carbocycles. The van der Waals surface area contributed by atoms with E-state index in [0.29, 0.717) is 25.9 Å². The van der Waals surface area contributed by atoms with Gasteiger partial charge in [0.15, 0.2) is 0 Å². The third-order valence-corrected chi connectivity index (χ3v) is 4.82. The Morgan fingerprint density at radius 3 is 2.62 bits per heavy atom. The fourth-order valence-corrected chi connectivity index (χ4v) is 3.56. The van der Waals surface area contributed by atoms with Crippen LogP contribution in [0.15, 0.2) is 30.3 Å². The average molecular weight is 354 g/mol. The number of hydrogen-bond acceptors (Lipinski definition) is 3. The summed E-state index contributed by atoms with van der Waals surface area (Å²) in [4.78, 5) is 25.3. The number of fused-ring (bicyclic) bond motifs is 1. The predicted octanol–water partition coefficient (Wildman–Crippen LogP) is 1.93. The molecule has 1 aliphatic rings. The number of hydrogen-bond donors (Lipinski definition) is 1. The molecule has 3 rings (SSSR count). The molecule has 0 fully saturated rings. The molecule has 2 aromatic rings. The van der Waals surface area contributed by atoms with E-state index < -0.39 is 0 Å². The molecule has 138 valence electrons. The number of nitrogens with zero attached hydrogens (tertiary/aromatic N) is 3. The zero-order valence-electron chi connectivity index (χ0n) is 15.5. The molecular weight excluding hydrogens is 328 g/mol. The summed E-state index contributed by atoms with van der Waals surface area (Å²) in [5.74, 6) is 0.105. The maximum atomic E-state index is 12.5. The number of aromatic nitrogens is 2. The zero-order valence-corrected chi connectivity index (χ0v) is 15.5. The van der Waals surface area contributed by atoms with Crippen LogP contribution in [0.2, 0.25) is 0 Å². The number of aryl methyl sites for hydroxylation is 1. The molecule has 0 bridgehead atoms. The molecule has 2 amide bonds. The van der Waals surface area contributed by atoms with Crippen LogP contribution in [0.1, 0.15) is 31.0 Å². The number of rotatable bonds is 5. The highest BCUT2D eigenvalue weighted by Crippen LogP contribution is 2.28. The maximum absolute atomic E-state index is 12.5. The van der Waals surface area contributed by atoms with Gasteiger partial charge < -0.3 is 10.2 Å². The minimum atomic E-state index is -0.0532. The van der Waals surface area contributed by atoms with E-state index in [4.69, 9.17) is 5.10 Å². The normalized spacial score (nSPS) is 13.8. The van der Waals surface area contributed by atoms with Crippen LogP contribution in [0, 0.1) is 0 Å². The SMILES string of the molecule is CC(=O)NCCCC(=O)N1CCc2nn(C)c(-c3ccccc3)c2CC1. The Morgan fingerprint density at radius 2 is 1.88 bits per heavy atom. The predicted molar refractivity (Wildman–Crippen MR) is 101 cm³/mol. The van der Waals surface area contributed by atoms with Gasteiger partial charge in [-0.2, -0.15) is 5.10 Å². The van der Waals surface area contributed by atoms with Gasteiger partial charge in [-0.3, -0.25) is 14.3 Å². The number of carbonyl (C=O) groups excluding carboxylic acids is 2. The van der Waals surface area contributed by atoms with Gasteiger partial charge in [0.05, 0.1) is 11.4 Å². The lowest BCUT2D eigenvalue weighted by molar-refractivity contribution is -0.131. The molecule has 2 heterocycles. The molecule has 26 heavy (non-hydrogen) atoms. The maximum Gasteiger partial charge on any atom is 0.222 e. The van der Waals surface area contributed by atoms with Gasteiger partial charge >= 0.3 is 0 Å². The third-order valence-electron chi connectivity index (χ3n) is 4.82. The fraction of sp³-hybridized carbons (Fsp3) is 0.450. The van der Waals surface area contributed by atoms with Crippen molar-refractivity contribution in [3.63, 3.8) is 0 Å². The number of benzene rings is 1. The van der Waals surface area contributed by atoms with Crippen LogP contribution in [0.3, 0.4) is 0 Å². The lowest BCUT2D eigenvalue weighted by Gasteiger charge is -2.20. The van der Waals surface area contributed by atoms with Crippen molar-refractivity contribution in [2.24, 2.45) is 7.05 Å². The van der Waals surface area contributed by atoms with Gasteiger partial charge in [0.1, 0.15) is 0 Å². The van der Waals surface area contributed by atoms with Crippen molar-refractivity contribution in [3.8, 4) is 11.3 Å². The van der Waals surface area contributed by atoms with Gasteiger partial charge in [-0.05, 0) is 12.8 Å². The van der Waals surface area contributed by atoms with Gasteiger partial charge in [-0.15, -0.1) is 0 Å². The first-order valence-electron chi connectivity index (χ1n) is 9.18. The van der Waals surface area contributed by atoms with E-state index in [1.165, 1.54) is 18.1 Å². The second-order valence-electron chi connectivity index (χ2n) is 6.73. The minimum Gasteiger partial charge on any atom is -0.356 e. The van der Waals surface area contributed by atoms with Crippen LogP contribution < -0.4 is 5.32 Å². The monoisotopic (exact) mass is 354 g/mol. The van der Waals surface area contributed by atoms with Crippen molar-refractivity contribution in [1.29, 1.82) is 0 Å². The van der Waals surface area contributed by atoms with Gasteiger partial charge in [-0.1, -0.05) is 30.3 Å². The summed E-state index contributed by atoms with van der Waals surface area (Å²) >= 11 is 0. The quantitative estimate of drug-likeness (QED) is 0.835. The molecule has 6 heteroatoms. The Balaban J connectivity index is 1.65. The fourth-order valence-electron chi connectivity index (χ4n) is 3.56. The molecular formula is C20H26N4O2. The highest BCUT2D eigenvalue weighted by Gasteiger charge is 2.24. The van der Waals surface area contributed by atoms with Crippen LogP contribution in [0.5, 0.6) is 0 Å². The van der Waals surface area contributed by atoms with Crippen molar-refractivity contribution in [2.75, 3.05) is 19.6 Å². The Hall–Kier alpha value is -2.63. The lowest BCUT2D eigenvalue weighted by atomic mass is 10.0. The van der Waals surface area contributed by atoms with Crippen molar-refractivity contribution in [2.45, 2.75) is 32.6 Å². The zero-order chi connectivity index (χ0) is 18.5. The topological polar surface area (TPSA) is 67.2 Å². The number of amides is 2. The van der Waals surface area contributed by atoms with Crippen LogP contribution >= 0.6 is 0 Å². The first kappa shape index (κ1) is 18.2. The average Bonchev–Trinajstić information content (AvgIpc) is 2.80. The number of nitrogens with one attached hydrogen (secondary N) is 1. The second kappa shape index (κ2) is 8.17. The second-order valence-corrected chi connectivity index (χ2v) is 6.73. The molecule has 0 radical (unpaired) electrons. The molecule has 0 saturated heterocycles. The summed E-state index contributed by atoms with van der Waals surface area (Å²) in [5.41, 5.74) is 4.67. The van der Waals surface area contributed by atoms with Gasteiger partial charge in [-0.25, -0.2) is 0 Å². The highest BCUT2D eigenvalue weighted by molar-refractivity contribution is 5.77. The van der Waals surface area contributed by atoms with Crippen LogP contribution in [-0.2, 0) is 29.5 Å². The molecule has 1 N–H and O–H groups in total. The molecule has 1 aromatic heterocycles. The Labute approximate surface area is 154 Å². The highest BCUT2D eigenvalue weighted by atomic mass is 16.2. The van der Waals surface area contributed by atoms with Gasteiger partial charge in [0.2, 0.25) is 11.8 Å². The first-order valence-corrected chi connectivity index (χ1v) is 9.18. The smallest absolute Gasteiger partial charge is 0.222 e. The molecule has 0 spiro atoms. The van der Waals surface area contributed by atoms with E-state index in [0.717, 1.165) is 30.8 Å². The van der Waals surface area contributed by atoms with Crippen LogP contribution in [0.4, 0.5) is 0 Å². The third kappa shape index (κ3) is 4.12. The standard InChI is InChI=1S/C20H26N4O2/c1-15(25)21-12-6-9-19(26)24-13-10-17-18(11-14-24)22-23(2)20(17)16-7-4-3-5-8-16/h3-5,7-8H,6,9-14H2,1-2H3,(H,21,25). The Kier molecular flexibility index (Phi) is 5.71. The summed E-state index contributed by atoms with van der Waals surface area (Å²) in [5, 5.41) is 7.44. The van der Waals surface area contributed by atoms with E-state index in [2.05, 4.69) is 17.4 Å².